The molecule has 4 aromatic heterocycles. The van der Waals surface area contributed by atoms with E-state index in [1.165, 1.54) is 6.20 Å². The Balaban J connectivity index is 1.65. The van der Waals surface area contributed by atoms with E-state index in [9.17, 15) is 13.6 Å². The minimum atomic E-state index is -1.08. The fourth-order valence-corrected chi connectivity index (χ4v) is 3.32. The van der Waals surface area contributed by atoms with Crippen molar-refractivity contribution in [3.63, 3.8) is 0 Å². The van der Waals surface area contributed by atoms with E-state index in [1.807, 2.05) is 35.0 Å². The minimum absolute atomic E-state index is 0.0986. The van der Waals surface area contributed by atoms with Gasteiger partial charge in [0.2, 0.25) is 5.78 Å². The summed E-state index contributed by atoms with van der Waals surface area (Å²) in [6.07, 6.45) is 6.71. The highest BCUT2D eigenvalue weighted by Gasteiger charge is 2.24. The number of imidazole rings is 1. The molecule has 142 valence electrons. The van der Waals surface area contributed by atoms with Crippen molar-refractivity contribution in [3.05, 3.63) is 83.9 Å². The average molecular weight is 389 g/mol. The number of pyridine rings is 2. The molecule has 0 bridgehead atoms. The summed E-state index contributed by atoms with van der Waals surface area (Å²) < 4.78 is 30.4. The van der Waals surface area contributed by atoms with Gasteiger partial charge in [0.25, 0.3) is 0 Å². The number of nitrogens with one attached hydrogen (secondary N) is 1. The Morgan fingerprint density at radius 2 is 2.03 bits per heavy atom. The Kier molecular flexibility index (Phi) is 3.67. The van der Waals surface area contributed by atoms with Gasteiger partial charge in [-0.05, 0) is 30.3 Å². The van der Waals surface area contributed by atoms with E-state index in [0.29, 0.717) is 22.3 Å². The molecule has 5 rings (SSSR count). The second-order valence-electron chi connectivity index (χ2n) is 6.57. The van der Waals surface area contributed by atoms with Gasteiger partial charge in [-0.25, -0.2) is 18.7 Å². The molecular weight excluding hydrogens is 376 g/mol. The fourth-order valence-electron chi connectivity index (χ4n) is 3.32. The monoisotopic (exact) mass is 389 g/mol. The molecule has 0 unspecified atom stereocenters. The van der Waals surface area contributed by atoms with Crippen molar-refractivity contribution in [1.82, 2.24) is 19.4 Å². The van der Waals surface area contributed by atoms with Gasteiger partial charge in [0.1, 0.15) is 17.1 Å². The quantitative estimate of drug-likeness (QED) is 0.361. The predicted octanol–water partition coefficient (Wildman–Crippen LogP) is 3.97. The molecule has 0 amide bonds. The highest BCUT2D eigenvalue weighted by Crippen LogP contribution is 2.28. The number of aromatic nitrogens is 4. The first kappa shape index (κ1) is 17.1. The summed E-state index contributed by atoms with van der Waals surface area (Å²) >= 11 is 0. The molecule has 0 aliphatic heterocycles. The molecule has 0 saturated carbocycles. The topological polar surface area (TPSA) is 89.1 Å². The van der Waals surface area contributed by atoms with Gasteiger partial charge in [-0.3, -0.25) is 4.79 Å². The number of anilines is 1. The van der Waals surface area contributed by atoms with E-state index in [1.54, 1.807) is 12.3 Å². The number of nitrogens with two attached hydrogens (primary N) is 1. The summed E-state index contributed by atoms with van der Waals surface area (Å²) in [5, 5.41) is 0.436. The van der Waals surface area contributed by atoms with E-state index >= 15 is 0 Å². The molecule has 0 saturated heterocycles. The number of fused-ring (bicyclic) bond motifs is 2. The number of hydrogen-bond acceptors (Lipinski definition) is 4. The Hall–Kier alpha value is -4.07. The molecule has 8 heteroatoms. The number of benzene rings is 1. The molecular formula is C21H13F2N5O. The fraction of sp³-hybridized carbons (Fsp3) is 0. The van der Waals surface area contributed by atoms with Crippen molar-refractivity contribution in [2.24, 2.45) is 0 Å². The zero-order chi connectivity index (χ0) is 20.1. The normalized spacial score (nSPS) is 11.4. The standard InChI is InChI=1S/C21H13F2N5O/c22-14-4-5-15(24)19(23)18(14)20(29)13-9-26-21-12(13)7-11(8-25-21)16-10-28-6-2-1-3-17(28)27-16/h1-10H,24H2,(H,25,26). The van der Waals surface area contributed by atoms with Crippen molar-refractivity contribution in [3.8, 4) is 11.3 Å². The molecule has 29 heavy (non-hydrogen) atoms. The molecule has 0 fully saturated rings. The average Bonchev–Trinajstić information content (AvgIpc) is 3.34. The van der Waals surface area contributed by atoms with E-state index in [-0.39, 0.29) is 11.3 Å². The zero-order valence-corrected chi connectivity index (χ0v) is 14.9. The third-order valence-electron chi connectivity index (χ3n) is 4.78. The van der Waals surface area contributed by atoms with Crippen LogP contribution in [-0.2, 0) is 0 Å². The number of nitrogen functional groups attached to an aromatic ring is 1. The molecule has 0 radical (unpaired) electrons. The Labute approximate surface area is 162 Å². The van der Waals surface area contributed by atoms with Crippen LogP contribution in [0.1, 0.15) is 15.9 Å². The molecule has 0 aliphatic carbocycles. The SMILES string of the molecule is Nc1ccc(F)c(C(=O)c2c[nH]c3ncc(-c4cn5ccccc5n4)cc23)c1F. The van der Waals surface area contributed by atoms with Gasteiger partial charge in [0.15, 0.2) is 5.82 Å². The first-order valence-electron chi connectivity index (χ1n) is 8.72. The Morgan fingerprint density at radius 1 is 1.17 bits per heavy atom. The van der Waals surface area contributed by atoms with Crippen LogP contribution in [0, 0.1) is 11.6 Å². The van der Waals surface area contributed by atoms with Gasteiger partial charge in [-0.1, -0.05) is 6.07 Å². The van der Waals surface area contributed by atoms with Crippen LogP contribution in [0.2, 0.25) is 0 Å². The zero-order valence-electron chi connectivity index (χ0n) is 14.9. The van der Waals surface area contributed by atoms with Crippen LogP contribution in [0.25, 0.3) is 27.9 Å². The van der Waals surface area contributed by atoms with Gasteiger partial charge in [0.05, 0.1) is 16.9 Å². The highest BCUT2D eigenvalue weighted by molar-refractivity contribution is 6.16. The summed E-state index contributed by atoms with van der Waals surface area (Å²) in [6.45, 7) is 0. The first-order chi connectivity index (χ1) is 14.0. The third kappa shape index (κ3) is 2.65. The Morgan fingerprint density at radius 3 is 2.86 bits per heavy atom. The van der Waals surface area contributed by atoms with Gasteiger partial charge < -0.3 is 15.1 Å². The van der Waals surface area contributed by atoms with Gasteiger partial charge in [-0.15, -0.1) is 0 Å². The van der Waals surface area contributed by atoms with Crippen molar-refractivity contribution in [2.45, 2.75) is 0 Å². The third-order valence-corrected chi connectivity index (χ3v) is 4.78. The summed E-state index contributed by atoms with van der Waals surface area (Å²) in [5.74, 6) is -2.86. The molecule has 0 spiro atoms. The smallest absolute Gasteiger partial charge is 0.201 e. The van der Waals surface area contributed by atoms with Crippen LogP contribution in [0.4, 0.5) is 14.5 Å². The number of H-pyrrole nitrogens is 1. The lowest BCUT2D eigenvalue weighted by atomic mass is 10.0. The number of carbonyl (C=O) groups excluding carboxylic acids is 1. The van der Waals surface area contributed by atoms with Crippen molar-refractivity contribution < 1.29 is 13.6 Å². The molecule has 3 N–H and O–H groups in total. The highest BCUT2D eigenvalue weighted by atomic mass is 19.1. The van der Waals surface area contributed by atoms with Crippen LogP contribution in [0.5, 0.6) is 0 Å². The van der Waals surface area contributed by atoms with E-state index in [4.69, 9.17) is 5.73 Å². The van der Waals surface area contributed by atoms with Crippen LogP contribution in [-0.4, -0.2) is 25.1 Å². The lowest BCUT2D eigenvalue weighted by Gasteiger charge is -2.06. The largest absolute Gasteiger partial charge is 0.396 e. The summed E-state index contributed by atoms with van der Waals surface area (Å²) in [6, 6.07) is 9.41. The van der Waals surface area contributed by atoms with Crippen molar-refractivity contribution in [2.75, 3.05) is 5.73 Å². The molecule has 0 atom stereocenters. The van der Waals surface area contributed by atoms with Crippen LogP contribution >= 0.6 is 0 Å². The van der Waals surface area contributed by atoms with Gasteiger partial charge >= 0.3 is 0 Å². The maximum absolute atomic E-state index is 14.3. The van der Waals surface area contributed by atoms with Gasteiger partial charge in [0, 0.05) is 41.3 Å². The maximum Gasteiger partial charge on any atom is 0.201 e. The molecule has 4 heterocycles. The molecule has 1 aromatic carbocycles. The summed E-state index contributed by atoms with van der Waals surface area (Å²) in [7, 11) is 0. The van der Waals surface area contributed by atoms with E-state index in [2.05, 4.69) is 15.0 Å². The molecule has 5 aromatic rings. The minimum Gasteiger partial charge on any atom is -0.396 e. The number of carbonyl (C=O) groups is 1. The summed E-state index contributed by atoms with van der Waals surface area (Å²) in [4.78, 5) is 24.6. The van der Waals surface area contributed by atoms with Crippen LogP contribution in [0.15, 0.2) is 61.2 Å². The van der Waals surface area contributed by atoms with Crippen LogP contribution in [0.3, 0.4) is 0 Å². The maximum atomic E-state index is 14.3. The number of hydrogen-bond donors (Lipinski definition) is 2. The number of aromatic amines is 1. The van der Waals surface area contributed by atoms with E-state index < -0.39 is 23.0 Å². The number of rotatable bonds is 3. The number of ketones is 1. The Bertz CT molecular complexity index is 1390. The van der Waals surface area contributed by atoms with Gasteiger partial charge in [-0.2, -0.15) is 0 Å². The van der Waals surface area contributed by atoms with E-state index in [0.717, 1.165) is 17.8 Å². The molecule has 6 nitrogen and oxygen atoms in total. The van der Waals surface area contributed by atoms with Crippen LogP contribution < -0.4 is 5.73 Å². The number of halogens is 2. The second kappa shape index (κ2) is 6.23. The molecule has 0 aliphatic rings. The van der Waals surface area contributed by atoms with Crippen molar-refractivity contribution >= 4 is 28.2 Å². The lowest BCUT2D eigenvalue weighted by molar-refractivity contribution is 0.103. The van der Waals surface area contributed by atoms with Crippen molar-refractivity contribution in [1.29, 1.82) is 0 Å². The summed E-state index contributed by atoms with van der Waals surface area (Å²) in [5.41, 5.74) is 7.13. The number of nitrogens with zero attached hydrogens (tertiary/aromatic N) is 3. The predicted molar refractivity (Wildman–Crippen MR) is 104 cm³/mol. The lowest BCUT2D eigenvalue weighted by Crippen LogP contribution is -2.09. The first-order valence-corrected chi connectivity index (χ1v) is 8.72. The second-order valence-corrected chi connectivity index (χ2v) is 6.57.